The lowest BCUT2D eigenvalue weighted by Crippen LogP contribution is -2.15. The predicted octanol–water partition coefficient (Wildman–Crippen LogP) is 3.69. The Hall–Kier alpha value is -0.540. The van der Waals surface area contributed by atoms with Crippen molar-refractivity contribution in [2.75, 3.05) is 6.54 Å². The number of nitrogens with zero attached hydrogens (tertiary/aromatic N) is 1. The molecule has 0 aromatic carbocycles. The summed E-state index contributed by atoms with van der Waals surface area (Å²) in [5, 5.41) is 4.07. The van der Waals surface area contributed by atoms with Gasteiger partial charge in [-0.15, -0.1) is 0 Å². The fourth-order valence-corrected chi connectivity index (χ4v) is 2.37. The average Bonchev–Trinajstić information content (AvgIpc) is 3.11. The van der Waals surface area contributed by atoms with Gasteiger partial charge in [-0.25, -0.2) is 4.98 Å². The summed E-state index contributed by atoms with van der Waals surface area (Å²) in [7, 11) is 0. The molecule has 1 aliphatic rings. The number of aromatic nitrogens is 2. The van der Waals surface area contributed by atoms with Gasteiger partial charge in [-0.1, -0.05) is 37.8 Å². The highest BCUT2D eigenvalue weighted by Crippen LogP contribution is 2.33. The van der Waals surface area contributed by atoms with Crippen LogP contribution in [-0.4, -0.2) is 16.5 Å². The Morgan fingerprint density at radius 2 is 2.22 bits per heavy atom. The van der Waals surface area contributed by atoms with Crippen molar-refractivity contribution in [1.29, 1.82) is 0 Å². The molecule has 1 aromatic heterocycles. The maximum atomic E-state index is 6.11. The number of aromatic amines is 1. The Bertz CT molecular complexity index is 358. The van der Waals surface area contributed by atoms with Crippen molar-refractivity contribution >= 4 is 11.6 Å². The van der Waals surface area contributed by atoms with Crippen LogP contribution in [-0.2, 0) is 13.0 Å². The average molecular weight is 270 g/mol. The molecule has 1 saturated carbocycles. The van der Waals surface area contributed by atoms with Gasteiger partial charge in [0.25, 0.3) is 0 Å². The quantitative estimate of drug-likeness (QED) is 0.672. The molecule has 1 fully saturated rings. The van der Waals surface area contributed by atoms with Crippen LogP contribution in [0.1, 0.15) is 57.0 Å². The molecule has 2 N–H and O–H groups in total. The molecule has 0 bridgehead atoms. The number of nitrogens with one attached hydrogen (secondary N) is 2. The highest BCUT2D eigenvalue weighted by Gasteiger charge is 2.19. The van der Waals surface area contributed by atoms with E-state index in [2.05, 4.69) is 22.2 Å². The van der Waals surface area contributed by atoms with Crippen LogP contribution in [0.25, 0.3) is 0 Å². The molecule has 102 valence electrons. The van der Waals surface area contributed by atoms with Crippen molar-refractivity contribution in [3.05, 3.63) is 16.7 Å². The summed E-state index contributed by atoms with van der Waals surface area (Å²) in [6.45, 7) is 4.08. The number of H-pyrrole nitrogens is 1. The van der Waals surface area contributed by atoms with Crippen molar-refractivity contribution in [2.24, 2.45) is 5.92 Å². The molecular weight excluding hydrogens is 246 g/mol. The van der Waals surface area contributed by atoms with Gasteiger partial charge < -0.3 is 10.3 Å². The van der Waals surface area contributed by atoms with E-state index in [4.69, 9.17) is 11.6 Å². The number of rotatable bonds is 9. The van der Waals surface area contributed by atoms with Crippen LogP contribution < -0.4 is 5.32 Å². The molecule has 0 amide bonds. The largest absolute Gasteiger partial charge is 0.344 e. The molecular formula is C14H24ClN3. The third-order valence-electron chi connectivity index (χ3n) is 3.51. The fourth-order valence-electron chi connectivity index (χ4n) is 2.16. The Labute approximate surface area is 115 Å². The zero-order valence-corrected chi connectivity index (χ0v) is 12.0. The monoisotopic (exact) mass is 269 g/mol. The van der Waals surface area contributed by atoms with E-state index in [1.54, 1.807) is 0 Å². The lowest BCUT2D eigenvalue weighted by Gasteiger charge is -2.02. The maximum absolute atomic E-state index is 6.11. The van der Waals surface area contributed by atoms with E-state index < -0.39 is 0 Å². The Morgan fingerprint density at radius 3 is 2.94 bits per heavy atom. The minimum atomic E-state index is 0.635. The van der Waals surface area contributed by atoms with E-state index >= 15 is 0 Å². The van der Waals surface area contributed by atoms with Crippen molar-refractivity contribution in [2.45, 2.75) is 58.4 Å². The molecule has 0 radical (unpaired) electrons. The summed E-state index contributed by atoms with van der Waals surface area (Å²) in [5.74, 6) is 2.06. The molecule has 2 rings (SSSR count). The van der Waals surface area contributed by atoms with E-state index in [9.17, 15) is 0 Å². The minimum absolute atomic E-state index is 0.635. The molecule has 3 nitrogen and oxygen atoms in total. The van der Waals surface area contributed by atoms with Crippen LogP contribution in [0.3, 0.4) is 0 Å². The molecule has 1 aliphatic carbocycles. The minimum Gasteiger partial charge on any atom is -0.344 e. The van der Waals surface area contributed by atoms with Crippen molar-refractivity contribution in [1.82, 2.24) is 15.3 Å². The summed E-state index contributed by atoms with van der Waals surface area (Å²) in [6, 6.07) is 0. The zero-order valence-electron chi connectivity index (χ0n) is 11.3. The van der Waals surface area contributed by atoms with Crippen molar-refractivity contribution in [3.8, 4) is 0 Å². The normalized spacial score (nSPS) is 15.2. The van der Waals surface area contributed by atoms with Crippen LogP contribution in [0, 0.1) is 5.92 Å². The third-order valence-corrected chi connectivity index (χ3v) is 3.82. The molecule has 4 heteroatoms. The molecule has 1 aromatic rings. The lowest BCUT2D eigenvalue weighted by molar-refractivity contribution is 0.589. The first kappa shape index (κ1) is 13.9. The predicted molar refractivity (Wildman–Crippen MR) is 75.9 cm³/mol. The summed E-state index contributed by atoms with van der Waals surface area (Å²) < 4.78 is 0. The van der Waals surface area contributed by atoms with E-state index in [0.717, 1.165) is 43.4 Å². The second-order valence-corrected chi connectivity index (χ2v) is 5.68. The lowest BCUT2D eigenvalue weighted by atomic mass is 10.2. The van der Waals surface area contributed by atoms with Gasteiger partial charge in [0, 0.05) is 13.0 Å². The molecule has 0 spiro atoms. The van der Waals surface area contributed by atoms with Crippen LogP contribution in [0.5, 0.6) is 0 Å². The van der Waals surface area contributed by atoms with E-state index in [-0.39, 0.29) is 0 Å². The number of unbranched alkanes of at least 4 members (excludes halogenated alkanes) is 1. The van der Waals surface area contributed by atoms with Crippen LogP contribution in [0.4, 0.5) is 0 Å². The second-order valence-electron chi connectivity index (χ2n) is 5.32. The van der Waals surface area contributed by atoms with Gasteiger partial charge in [0.2, 0.25) is 0 Å². The highest BCUT2D eigenvalue weighted by atomic mass is 35.5. The first-order valence-corrected chi connectivity index (χ1v) is 7.61. The van der Waals surface area contributed by atoms with Crippen LogP contribution in [0.2, 0.25) is 5.15 Å². The summed E-state index contributed by atoms with van der Waals surface area (Å²) >= 11 is 6.11. The van der Waals surface area contributed by atoms with Gasteiger partial charge in [0.15, 0.2) is 5.15 Å². The topological polar surface area (TPSA) is 40.7 Å². The standard InChI is InChI=1S/C14H24ClN3/c1-2-3-6-13-17-12(14(15)18-13)10-16-9-4-5-11-7-8-11/h11,16H,2-10H2,1H3,(H,17,18). The van der Waals surface area contributed by atoms with E-state index in [1.807, 2.05) is 0 Å². The molecule has 1 heterocycles. The Morgan fingerprint density at radius 1 is 1.39 bits per heavy atom. The second kappa shape index (κ2) is 7.15. The number of hydrogen-bond acceptors (Lipinski definition) is 2. The van der Waals surface area contributed by atoms with Gasteiger partial charge in [0.1, 0.15) is 5.82 Å². The van der Waals surface area contributed by atoms with Gasteiger partial charge in [-0.3, -0.25) is 0 Å². The SMILES string of the molecule is CCCCc1nc(Cl)c(CNCCCC2CC2)[nH]1. The van der Waals surface area contributed by atoms with Gasteiger partial charge >= 0.3 is 0 Å². The highest BCUT2D eigenvalue weighted by molar-refractivity contribution is 6.30. The summed E-state index contributed by atoms with van der Waals surface area (Å²) in [6.07, 6.45) is 8.91. The summed E-state index contributed by atoms with van der Waals surface area (Å²) in [4.78, 5) is 7.68. The fraction of sp³-hybridized carbons (Fsp3) is 0.786. The number of halogens is 1. The van der Waals surface area contributed by atoms with Crippen LogP contribution in [0.15, 0.2) is 0 Å². The van der Waals surface area contributed by atoms with E-state index in [0.29, 0.717) is 5.15 Å². The molecule has 0 aliphatic heterocycles. The van der Waals surface area contributed by atoms with Gasteiger partial charge in [-0.2, -0.15) is 0 Å². The first-order valence-electron chi connectivity index (χ1n) is 7.23. The van der Waals surface area contributed by atoms with Gasteiger partial charge in [0.05, 0.1) is 5.69 Å². The smallest absolute Gasteiger partial charge is 0.151 e. The molecule has 0 unspecified atom stereocenters. The summed E-state index contributed by atoms with van der Waals surface area (Å²) in [5.41, 5.74) is 1.04. The number of hydrogen-bond donors (Lipinski definition) is 2. The van der Waals surface area contributed by atoms with E-state index in [1.165, 1.54) is 32.1 Å². The molecule has 0 saturated heterocycles. The molecule has 0 atom stereocenters. The first-order chi connectivity index (χ1) is 8.79. The maximum Gasteiger partial charge on any atom is 0.151 e. The zero-order chi connectivity index (χ0) is 12.8. The van der Waals surface area contributed by atoms with Crippen molar-refractivity contribution in [3.63, 3.8) is 0 Å². The Balaban J connectivity index is 1.65. The number of aryl methyl sites for hydroxylation is 1. The van der Waals surface area contributed by atoms with Crippen molar-refractivity contribution < 1.29 is 0 Å². The third kappa shape index (κ3) is 4.62. The number of imidazole rings is 1. The van der Waals surface area contributed by atoms with Crippen LogP contribution >= 0.6 is 11.6 Å². The Kier molecular flexibility index (Phi) is 5.51. The molecule has 18 heavy (non-hydrogen) atoms. The van der Waals surface area contributed by atoms with Gasteiger partial charge in [-0.05, 0) is 31.7 Å².